The summed E-state index contributed by atoms with van der Waals surface area (Å²) in [5.74, 6) is 0.890. The topological polar surface area (TPSA) is 15.3 Å². The van der Waals surface area contributed by atoms with Crippen LogP contribution in [0.1, 0.15) is 33.6 Å². The van der Waals surface area contributed by atoms with Crippen LogP contribution in [0.25, 0.3) is 0 Å². The summed E-state index contributed by atoms with van der Waals surface area (Å²) in [6, 6.07) is 0. The third-order valence-electron chi connectivity index (χ3n) is 3.04. The molecule has 1 atom stereocenters. The minimum atomic E-state index is 0.261. The molecule has 1 aliphatic rings. The Balaban J connectivity index is 2.35. The van der Waals surface area contributed by atoms with Crippen LogP contribution in [0, 0.1) is 5.92 Å². The highest BCUT2D eigenvalue weighted by atomic mass is 15.2. The molecule has 1 fully saturated rings. The van der Waals surface area contributed by atoms with E-state index in [0.717, 1.165) is 5.92 Å². The van der Waals surface area contributed by atoms with Crippen LogP contribution in [0.3, 0.4) is 0 Å². The number of hydrogen-bond acceptors (Lipinski definition) is 2. The Bertz CT molecular complexity index is 154. The van der Waals surface area contributed by atoms with Crippen molar-refractivity contribution in [3.8, 4) is 0 Å². The number of likely N-dealkylation sites (N-methyl/N-ethyl adjacent to an activating group) is 1. The lowest BCUT2D eigenvalue weighted by Gasteiger charge is -2.37. The maximum Gasteiger partial charge on any atom is 0.0249 e. The van der Waals surface area contributed by atoms with Crippen LogP contribution in [0.15, 0.2) is 0 Å². The van der Waals surface area contributed by atoms with Crippen molar-refractivity contribution in [3.63, 3.8) is 0 Å². The van der Waals surface area contributed by atoms with Gasteiger partial charge < -0.3 is 10.2 Å². The molecule has 1 saturated heterocycles. The summed E-state index contributed by atoms with van der Waals surface area (Å²) < 4.78 is 0. The second kappa shape index (κ2) is 4.43. The molecule has 2 nitrogen and oxygen atoms in total. The van der Waals surface area contributed by atoms with Gasteiger partial charge in [-0.1, -0.05) is 6.92 Å². The quantitative estimate of drug-likeness (QED) is 0.718. The molecule has 1 aliphatic heterocycles. The molecule has 0 amide bonds. The first-order chi connectivity index (χ1) is 6.03. The second-order valence-corrected chi connectivity index (χ2v) is 5.12. The van der Waals surface area contributed by atoms with Gasteiger partial charge in [-0.3, -0.25) is 0 Å². The molecule has 0 aromatic rings. The van der Waals surface area contributed by atoms with Crippen LogP contribution in [0.2, 0.25) is 0 Å². The van der Waals surface area contributed by atoms with Crippen molar-refractivity contribution in [1.29, 1.82) is 0 Å². The fraction of sp³-hybridized carbons (Fsp3) is 1.00. The van der Waals surface area contributed by atoms with Gasteiger partial charge in [0.05, 0.1) is 0 Å². The van der Waals surface area contributed by atoms with Crippen molar-refractivity contribution < 1.29 is 0 Å². The molecule has 0 saturated carbocycles. The number of hydrogen-bond donors (Lipinski definition) is 1. The fourth-order valence-corrected chi connectivity index (χ4v) is 2.07. The van der Waals surface area contributed by atoms with E-state index in [-0.39, 0.29) is 5.54 Å². The van der Waals surface area contributed by atoms with Crippen LogP contribution < -0.4 is 5.32 Å². The van der Waals surface area contributed by atoms with Crippen molar-refractivity contribution in [2.45, 2.75) is 39.2 Å². The summed E-state index contributed by atoms with van der Waals surface area (Å²) in [6.45, 7) is 10.6. The van der Waals surface area contributed by atoms with Gasteiger partial charge in [-0.15, -0.1) is 0 Å². The Hall–Kier alpha value is -0.0800. The molecule has 1 N–H and O–H groups in total. The van der Waals surface area contributed by atoms with Gasteiger partial charge in [0.25, 0.3) is 0 Å². The van der Waals surface area contributed by atoms with Crippen molar-refractivity contribution in [1.82, 2.24) is 10.2 Å². The van der Waals surface area contributed by atoms with E-state index in [1.54, 1.807) is 0 Å². The summed E-state index contributed by atoms with van der Waals surface area (Å²) in [5.41, 5.74) is 0.261. The van der Waals surface area contributed by atoms with Gasteiger partial charge in [0.15, 0.2) is 0 Å². The van der Waals surface area contributed by atoms with Crippen LogP contribution >= 0.6 is 0 Å². The molecule has 0 radical (unpaired) electrons. The lowest BCUT2D eigenvalue weighted by atomic mass is 9.97. The smallest absolute Gasteiger partial charge is 0.0249 e. The standard InChI is InChI=1S/C11H24N2/c1-10-6-5-7-13(8-10)9-11(2,3)12-4/h10,12H,5-9H2,1-4H3. The Morgan fingerprint density at radius 2 is 2.15 bits per heavy atom. The fourth-order valence-electron chi connectivity index (χ4n) is 2.07. The Labute approximate surface area is 82.7 Å². The predicted molar refractivity (Wildman–Crippen MR) is 58.0 cm³/mol. The van der Waals surface area contributed by atoms with E-state index < -0.39 is 0 Å². The Morgan fingerprint density at radius 1 is 1.46 bits per heavy atom. The molecule has 0 spiro atoms. The van der Waals surface area contributed by atoms with Gasteiger partial charge in [0.1, 0.15) is 0 Å². The lowest BCUT2D eigenvalue weighted by Crippen LogP contribution is -2.49. The van der Waals surface area contributed by atoms with Crippen LogP contribution in [-0.4, -0.2) is 37.1 Å². The molecular formula is C11H24N2. The van der Waals surface area contributed by atoms with Crippen LogP contribution in [-0.2, 0) is 0 Å². The average molecular weight is 184 g/mol. The van der Waals surface area contributed by atoms with Crippen molar-refractivity contribution in [2.75, 3.05) is 26.7 Å². The summed E-state index contributed by atoms with van der Waals surface area (Å²) in [7, 11) is 2.05. The molecular weight excluding hydrogens is 160 g/mol. The summed E-state index contributed by atoms with van der Waals surface area (Å²) in [6.07, 6.45) is 2.79. The molecule has 2 heteroatoms. The van der Waals surface area contributed by atoms with Crippen LogP contribution in [0.4, 0.5) is 0 Å². The van der Waals surface area contributed by atoms with Gasteiger partial charge in [-0.05, 0) is 46.2 Å². The minimum Gasteiger partial charge on any atom is -0.314 e. The normalized spacial score (nSPS) is 26.3. The van der Waals surface area contributed by atoms with Gasteiger partial charge in [0.2, 0.25) is 0 Å². The molecule has 1 rings (SSSR count). The molecule has 0 aromatic heterocycles. The number of nitrogens with one attached hydrogen (secondary N) is 1. The van der Waals surface area contributed by atoms with Crippen molar-refractivity contribution in [2.24, 2.45) is 5.92 Å². The first kappa shape index (κ1) is 11.0. The van der Waals surface area contributed by atoms with Gasteiger partial charge in [-0.25, -0.2) is 0 Å². The largest absolute Gasteiger partial charge is 0.314 e. The van der Waals surface area contributed by atoms with E-state index in [4.69, 9.17) is 0 Å². The average Bonchev–Trinajstić information content (AvgIpc) is 2.03. The zero-order chi connectivity index (χ0) is 9.90. The SMILES string of the molecule is CNC(C)(C)CN1CCCC(C)C1. The number of rotatable bonds is 3. The molecule has 0 aliphatic carbocycles. The highest BCUT2D eigenvalue weighted by molar-refractivity contribution is 4.82. The zero-order valence-electron chi connectivity index (χ0n) is 9.56. The molecule has 0 aromatic carbocycles. The Morgan fingerprint density at radius 3 is 2.69 bits per heavy atom. The lowest BCUT2D eigenvalue weighted by molar-refractivity contribution is 0.146. The van der Waals surface area contributed by atoms with Gasteiger partial charge in [0, 0.05) is 18.6 Å². The zero-order valence-corrected chi connectivity index (χ0v) is 9.56. The van der Waals surface area contributed by atoms with E-state index in [1.165, 1.54) is 32.5 Å². The van der Waals surface area contributed by atoms with E-state index in [1.807, 2.05) is 7.05 Å². The molecule has 1 heterocycles. The second-order valence-electron chi connectivity index (χ2n) is 5.12. The Kier molecular flexibility index (Phi) is 3.74. The van der Waals surface area contributed by atoms with E-state index in [9.17, 15) is 0 Å². The summed E-state index contributed by atoms with van der Waals surface area (Å²) in [4.78, 5) is 2.59. The van der Waals surface area contributed by atoms with E-state index >= 15 is 0 Å². The molecule has 0 bridgehead atoms. The maximum absolute atomic E-state index is 3.36. The van der Waals surface area contributed by atoms with E-state index in [0.29, 0.717) is 0 Å². The summed E-state index contributed by atoms with van der Waals surface area (Å²) >= 11 is 0. The highest BCUT2D eigenvalue weighted by Gasteiger charge is 2.23. The van der Waals surface area contributed by atoms with Crippen LogP contribution in [0.5, 0.6) is 0 Å². The molecule has 78 valence electrons. The third kappa shape index (κ3) is 3.65. The van der Waals surface area contributed by atoms with Gasteiger partial charge >= 0.3 is 0 Å². The monoisotopic (exact) mass is 184 g/mol. The molecule has 1 unspecified atom stereocenters. The first-order valence-electron chi connectivity index (χ1n) is 5.45. The number of piperidine rings is 1. The first-order valence-corrected chi connectivity index (χ1v) is 5.45. The van der Waals surface area contributed by atoms with Gasteiger partial charge in [-0.2, -0.15) is 0 Å². The number of nitrogens with zero attached hydrogens (tertiary/aromatic N) is 1. The minimum absolute atomic E-state index is 0.261. The molecule has 13 heavy (non-hydrogen) atoms. The summed E-state index contributed by atoms with van der Waals surface area (Å²) in [5, 5.41) is 3.36. The maximum atomic E-state index is 3.36. The number of likely N-dealkylation sites (tertiary alicyclic amines) is 1. The van der Waals surface area contributed by atoms with E-state index in [2.05, 4.69) is 31.0 Å². The third-order valence-corrected chi connectivity index (χ3v) is 3.04. The predicted octanol–water partition coefficient (Wildman–Crippen LogP) is 1.72. The van der Waals surface area contributed by atoms with Crippen molar-refractivity contribution >= 4 is 0 Å². The van der Waals surface area contributed by atoms with Crippen molar-refractivity contribution in [3.05, 3.63) is 0 Å². The highest BCUT2D eigenvalue weighted by Crippen LogP contribution is 2.17.